The van der Waals surface area contributed by atoms with Crippen LogP contribution in [0.25, 0.3) is 0 Å². The third-order valence-electron chi connectivity index (χ3n) is 3.59. The summed E-state index contributed by atoms with van der Waals surface area (Å²) >= 11 is 0. The maximum atomic E-state index is 12.9. The Morgan fingerprint density at radius 3 is 2.58 bits per heavy atom. The van der Waals surface area contributed by atoms with E-state index >= 15 is 0 Å². The number of methoxy groups -OCH3 is 2. The van der Waals surface area contributed by atoms with Gasteiger partial charge < -0.3 is 20.1 Å². The molecule has 0 aliphatic rings. The lowest BCUT2D eigenvalue weighted by Crippen LogP contribution is -2.06. The first-order valence-electron chi connectivity index (χ1n) is 7.85. The van der Waals surface area contributed by atoms with Crippen LogP contribution in [0, 0.1) is 5.82 Å². The first kappa shape index (κ1) is 17.4. The Bertz CT molecular complexity index is 874. The summed E-state index contributed by atoms with van der Waals surface area (Å²) in [5.41, 5.74) is 1.60. The highest BCUT2D eigenvalue weighted by molar-refractivity contribution is 5.66. The lowest BCUT2D eigenvalue weighted by molar-refractivity contribution is 0.405. The van der Waals surface area contributed by atoms with Crippen molar-refractivity contribution in [1.29, 1.82) is 0 Å². The first-order valence-corrected chi connectivity index (χ1v) is 7.85. The van der Waals surface area contributed by atoms with Gasteiger partial charge in [0.1, 0.15) is 17.3 Å². The molecule has 3 aromatic rings. The van der Waals surface area contributed by atoms with Crippen molar-refractivity contribution in [3.8, 4) is 11.5 Å². The van der Waals surface area contributed by atoms with Crippen LogP contribution in [0.5, 0.6) is 11.5 Å². The van der Waals surface area contributed by atoms with Crippen molar-refractivity contribution in [3.05, 3.63) is 60.0 Å². The SMILES string of the molecule is COc1ccc(OC)c(Nc2cnnc(NCc3ccc(F)cc3)n2)c1. The molecule has 0 bridgehead atoms. The minimum Gasteiger partial charge on any atom is -0.497 e. The van der Waals surface area contributed by atoms with Gasteiger partial charge in [0.2, 0.25) is 5.95 Å². The third-order valence-corrected chi connectivity index (χ3v) is 3.59. The monoisotopic (exact) mass is 355 g/mol. The molecule has 26 heavy (non-hydrogen) atoms. The van der Waals surface area contributed by atoms with Gasteiger partial charge in [-0.3, -0.25) is 0 Å². The number of halogens is 1. The summed E-state index contributed by atoms with van der Waals surface area (Å²) in [6.45, 7) is 0.452. The molecule has 0 saturated carbocycles. The Kier molecular flexibility index (Phi) is 5.43. The van der Waals surface area contributed by atoms with Gasteiger partial charge in [0.05, 0.1) is 26.1 Å². The summed E-state index contributed by atoms with van der Waals surface area (Å²) in [4.78, 5) is 4.37. The molecule has 0 unspecified atom stereocenters. The van der Waals surface area contributed by atoms with Gasteiger partial charge in [-0.1, -0.05) is 12.1 Å². The number of aromatic nitrogens is 3. The summed E-state index contributed by atoms with van der Waals surface area (Å²) in [7, 11) is 3.18. The lowest BCUT2D eigenvalue weighted by atomic mass is 10.2. The van der Waals surface area contributed by atoms with E-state index in [-0.39, 0.29) is 5.82 Å². The number of nitrogens with one attached hydrogen (secondary N) is 2. The molecule has 2 N–H and O–H groups in total. The molecule has 0 atom stereocenters. The van der Waals surface area contributed by atoms with E-state index in [9.17, 15) is 4.39 Å². The fourth-order valence-electron chi connectivity index (χ4n) is 2.27. The zero-order valence-electron chi connectivity index (χ0n) is 14.4. The maximum Gasteiger partial charge on any atom is 0.244 e. The van der Waals surface area contributed by atoms with Gasteiger partial charge in [0.25, 0.3) is 0 Å². The fourth-order valence-corrected chi connectivity index (χ4v) is 2.27. The minimum absolute atomic E-state index is 0.273. The third kappa shape index (κ3) is 4.35. The van der Waals surface area contributed by atoms with Crippen molar-refractivity contribution in [2.45, 2.75) is 6.54 Å². The van der Waals surface area contributed by atoms with Crippen molar-refractivity contribution in [2.24, 2.45) is 0 Å². The molecule has 134 valence electrons. The van der Waals surface area contributed by atoms with Crippen LogP contribution in [0.2, 0.25) is 0 Å². The topological polar surface area (TPSA) is 81.2 Å². The number of ether oxygens (including phenoxy) is 2. The summed E-state index contributed by atoms with van der Waals surface area (Å²) in [5, 5.41) is 14.1. The van der Waals surface area contributed by atoms with Crippen molar-refractivity contribution < 1.29 is 13.9 Å². The Hall–Kier alpha value is -3.42. The normalized spacial score (nSPS) is 10.3. The van der Waals surface area contributed by atoms with Crippen LogP contribution < -0.4 is 20.1 Å². The van der Waals surface area contributed by atoms with Crippen molar-refractivity contribution in [2.75, 3.05) is 24.9 Å². The summed E-state index contributed by atoms with van der Waals surface area (Å²) in [6, 6.07) is 11.6. The Balaban J connectivity index is 1.72. The second-order valence-corrected chi connectivity index (χ2v) is 5.34. The van der Waals surface area contributed by atoms with Gasteiger partial charge in [0, 0.05) is 12.6 Å². The van der Waals surface area contributed by atoms with E-state index in [1.165, 1.54) is 18.3 Å². The number of nitrogens with zero attached hydrogens (tertiary/aromatic N) is 3. The van der Waals surface area contributed by atoms with Crippen LogP contribution in [0.1, 0.15) is 5.56 Å². The number of anilines is 3. The minimum atomic E-state index is -0.273. The van der Waals surface area contributed by atoms with Gasteiger partial charge in [-0.05, 0) is 29.8 Å². The molecule has 3 rings (SSSR count). The predicted octanol–water partition coefficient (Wildman–Crippen LogP) is 3.38. The molecule has 0 amide bonds. The van der Waals surface area contributed by atoms with Crippen LogP contribution in [-0.2, 0) is 6.54 Å². The van der Waals surface area contributed by atoms with Crippen LogP contribution in [-0.4, -0.2) is 29.4 Å². The highest BCUT2D eigenvalue weighted by atomic mass is 19.1. The zero-order chi connectivity index (χ0) is 18.4. The maximum absolute atomic E-state index is 12.9. The first-order chi connectivity index (χ1) is 12.7. The predicted molar refractivity (Wildman–Crippen MR) is 96.4 cm³/mol. The Morgan fingerprint density at radius 2 is 1.85 bits per heavy atom. The molecule has 0 aliphatic carbocycles. The van der Waals surface area contributed by atoms with Gasteiger partial charge in [-0.2, -0.15) is 10.1 Å². The summed E-state index contributed by atoms with van der Waals surface area (Å²) in [6.07, 6.45) is 1.50. The Morgan fingerprint density at radius 1 is 1.04 bits per heavy atom. The Labute approximate surface area is 150 Å². The van der Waals surface area contributed by atoms with Gasteiger partial charge in [0.15, 0.2) is 5.82 Å². The van der Waals surface area contributed by atoms with E-state index in [1.54, 1.807) is 44.6 Å². The zero-order valence-corrected chi connectivity index (χ0v) is 14.4. The largest absolute Gasteiger partial charge is 0.497 e. The van der Waals surface area contributed by atoms with Crippen molar-refractivity contribution >= 4 is 17.5 Å². The number of hydrogen-bond acceptors (Lipinski definition) is 7. The molecular weight excluding hydrogens is 337 g/mol. The molecule has 0 fully saturated rings. The molecule has 0 spiro atoms. The number of hydrogen-bond donors (Lipinski definition) is 2. The summed E-state index contributed by atoms with van der Waals surface area (Å²) in [5.74, 6) is 1.90. The fraction of sp³-hybridized carbons (Fsp3) is 0.167. The van der Waals surface area contributed by atoms with E-state index in [4.69, 9.17) is 9.47 Å². The quantitative estimate of drug-likeness (QED) is 0.672. The second kappa shape index (κ2) is 8.11. The van der Waals surface area contributed by atoms with Crippen LogP contribution in [0.3, 0.4) is 0 Å². The average Bonchev–Trinajstić information content (AvgIpc) is 2.68. The molecule has 8 heteroatoms. The van der Waals surface area contributed by atoms with Crippen LogP contribution in [0.15, 0.2) is 48.7 Å². The van der Waals surface area contributed by atoms with E-state index in [0.29, 0.717) is 35.5 Å². The van der Waals surface area contributed by atoms with Gasteiger partial charge in [-0.25, -0.2) is 4.39 Å². The smallest absolute Gasteiger partial charge is 0.244 e. The lowest BCUT2D eigenvalue weighted by Gasteiger charge is -2.12. The number of benzene rings is 2. The molecule has 7 nitrogen and oxygen atoms in total. The van der Waals surface area contributed by atoms with Crippen molar-refractivity contribution in [1.82, 2.24) is 15.2 Å². The molecule has 0 saturated heterocycles. The van der Waals surface area contributed by atoms with Crippen LogP contribution in [0.4, 0.5) is 21.8 Å². The van der Waals surface area contributed by atoms with Gasteiger partial charge in [-0.15, -0.1) is 5.10 Å². The van der Waals surface area contributed by atoms with E-state index in [0.717, 1.165) is 5.56 Å². The van der Waals surface area contributed by atoms with E-state index in [2.05, 4.69) is 25.8 Å². The molecule has 1 heterocycles. The highest BCUT2D eigenvalue weighted by Gasteiger charge is 2.08. The molecule has 0 radical (unpaired) electrons. The number of rotatable bonds is 7. The van der Waals surface area contributed by atoms with E-state index < -0.39 is 0 Å². The molecule has 0 aliphatic heterocycles. The van der Waals surface area contributed by atoms with Gasteiger partial charge >= 0.3 is 0 Å². The van der Waals surface area contributed by atoms with E-state index in [1.807, 2.05) is 0 Å². The highest BCUT2D eigenvalue weighted by Crippen LogP contribution is 2.30. The molecule has 2 aromatic carbocycles. The average molecular weight is 355 g/mol. The standard InChI is InChI=1S/C18H18FN5O2/c1-25-14-7-8-16(26-2)15(9-14)22-17-11-21-24-18(23-17)20-10-12-3-5-13(19)6-4-12/h3-9,11H,10H2,1-2H3,(H2,20,22,23,24). The second-order valence-electron chi connectivity index (χ2n) is 5.34. The molecule has 1 aromatic heterocycles. The van der Waals surface area contributed by atoms with Crippen LogP contribution >= 0.6 is 0 Å². The summed E-state index contributed by atoms with van der Waals surface area (Å²) < 4.78 is 23.5. The van der Waals surface area contributed by atoms with Crippen molar-refractivity contribution in [3.63, 3.8) is 0 Å². The molecular formula is C18H18FN5O2.